The first-order valence-corrected chi connectivity index (χ1v) is 11.7. The topological polar surface area (TPSA) is 64.0 Å². The van der Waals surface area contributed by atoms with Gasteiger partial charge in [-0.1, -0.05) is 36.9 Å². The normalized spacial score (nSPS) is 12.2. The number of hydrogen-bond acceptors (Lipinski definition) is 5. The third-order valence-corrected chi connectivity index (χ3v) is 7.12. The van der Waals surface area contributed by atoms with Crippen molar-refractivity contribution in [3.05, 3.63) is 62.8 Å². The average Bonchev–Trinajstić information content (AvgIpc) is 3.03. The van der Waals surface area contributed by atoms with Gasteiger partial charge in [0.15, 0.2) is 5.16 Å². The quantitative estimate of drug-likeness (QED) is 0.327. The van der Waals surface area contributed by atoms with Gasteiger partial charge in [0.2, 0.25) is 5.91 Å². The Balaban J connectivity index is 2.25. The van der Waals surface area contributed by atoms with E-state index >= 15 is 0 Å². The number of rotatable bonds is 7. The lowest BCUT2D eigenvalue weighted by Crippen LogP contribution is -2.32. The predicted molar refractivity (Wildman–Crippen MR) is 127 cm³/mol. The molecule has 30 heavy (non-hydrogen) atoms. The van der Waals surface area contributed by atoms with Crippen molar-refractivity contribution < 1.29 is 4.79 Å². The molecule has 1 aromatic carbocycles. The maximum Gasteiger partial charge on any atom is 0.267 e. The molecule has 158 valence electrons. The minimum absolute atomic E-state index is 0.0731. The summed E-state index contributed by atoms with van der Waals surface area (Å²) < 4.78 is 1.68. The molecular weight excluding hydrogens is 414 g/mol. The molecule has 0 radical (unpaired) electrons. The molecule has 1 unspecified atom stereocenters. The first kappa shape index (κ1) is 22.3. The van der Waals surface area contributed by atoms with E-state index in [-0.39, 0.29) is 11.5 Å². The lowest BCUT2D eigenvalue weighted by molar-refractivity contribution is -0.120. The maximum absolute atomic E-state index is 13.7. The molecule has 0 aliphatic carbocycles. The van der Waals surface area contributed by atoms with Crippen LogP contribution in [-0.4, -0.2) is 27.3 Å². The highest BCUT2D eigenvalue weighted by Crippen LogP contribution is 2.32. The monoisotopic (exact) mass is 441 g/mol. The van der Waals surface area contributed by atoms with Gasteiger partial charge in [0.1, 0.15) is 4.83 Å². The third kappa shape index (κ3) is 4.23. The smallest absolute Gasteiger partial charge is 0.267 e. The van der Waals surface area contributed by atoms with Crippen LogP contribution < -0.4 is 10.9 Å². The van der Waals surface area contributed by atoms with E-state index in [0.29, 0.717) is 17.1 Å². The number of aromatic nitrogens is 2. The highest BCUT2D eigenvalue weighted by molar-refractivity contribution is 8.00. The zero-order valence-corrected chi connectivity index (χ0v) is 19.7. The molecule has 0 aliphatic rings. The number of nitrogens with zero attached hydrogens (tertiary/aromatic N) is 2. The van der Waals surface area contributed by atoms with E-state index in [4.69, 9.17) is 4.98 Å². The molecule has 0 aliphatic heterocycles. The van der Waals surface area contributed by atoms with E-state index in [2.05, 4.69) is 18.8 Å². The molecule has 0 saturated carbocycles. The Kier molecular flexibility index (Phi) is 6.83. The third-order valence-electron chi connectivity index (χ3n) is 5.03. The SMILES string of the molecule is C=CCNC(=O)C(C)Sc1nc2sc(C)c(CC)c2c(=O)n1-c1cc(C)ccc1C. The van der Waals surface area contributed by atoms with Crippen LogP contribution in [0.3, 0.4) is 0 Å². The lowest BCUT2D eigenvalue weighted by Gasteiger charge is -2.17. The van der Waals surface area contributed by atoms with Crippen LogP contribution in [0.2, 0.25) is 0 Å². The van der Waals surface area contributed by atoms with Crippen LogP contribution in [-0.2, 0) is 11.2 Å². The number of carbonyl (C=O) groups excluding carboxylic acids is 1. The highest BCUT2D eigenvalue weighted by Gasteiger charge is 2.23. The summed E-state index contributed by atoms with van der Waals surface area (Å²) >= 11 is 2.84. The molecule has 2 heterocycles. The van der Waals surface area contributed by atoms with Gasteiger partial charge in [-0.15, -0.1) is 17.9 Å². The van der Waals surface area contributed by atoms with Crippen molar-refractivity contribution >= 4 is 39.2 Å². The molecule has 0 bridgehead atoms. The molecule has 1 atom stereocenters. The van der Waals surface area contributed by atoms with E-state index in [1.54, 1.807) is 22.0 Å². The Hall–Kier alpha value is -2.38. The second-order valence-corrected chi connectivity index (χ2v) is 9.80. The summed E-state index contributed by atoms with van der Waals surface area (Å²) in [6, 6.07) is 6.04. The number of thiophene rings is 1. The number of nitrogens with one attached hydrogen (secondary N) is 1. The van der Waals surface area contributed by atoms with E-state index in [0.717, 1.165) is 38.5 Å². The molecule has 0 saturated heterocycles. The molecule has 7 heteroatoms. The first-order valence-electron chi connectivity index (χ1n) is 9.96. The number of amides is 1. The van der Waals surface area contributed by atoms with E-state index in [9.17, 15) is 9.59 Å². The van der Waals surface area contributed by atoms with E-state index < -0.39 is 5.25 Å². The summed E-state index contributed by atoms with van der Waals surface area (Å²) in [4.78, 5) is 32.9. The summed E-state index contributed by atoms with van der Waals surface area (Å²) in [5, 5.41) is 3.63. The van der Waals surface area contributed by atoms with Gasteiger partial charge in [-0.2, -0.15) is 0 Å². The average molecular weight is 442 g/mol. The van der Waals surface area contributed by atoms with Crippen molar-refractivity contribution in [2.75, 3.05) is 6.54 Å². The number of benzene rings is 1. The first-order chi connectivity index (χ1) is 14.3. The van der Waals surface area contributed by atoms with Crippen molar-refractivity contribution in [2.45, 2.75) is 51.4 Å². The molecular formula is C23H27N3O2S2. The number of hydrogen-bond donors (Lipinski definition) is 1. The molecule has 3 aromatic rings. The van der Waals surface area contributed by atoms with Gasteiger partial charge < -0.3 is 5.32 Å². The van der Waals surface area contributed by atoms with Crippen LogP contribution in [0.15, 0.2) is 40.8 Å². The van der Waals surface area contributed by atoms with Crippen molar-refractivity contribution in [1.29, 1.82) is 0 Å². The van der Waals surface area contributed by atoms with Crippen LogP contribution in [0.25, 0.3) is 15.9 Å². The zero-order chi connectivity index (χ0) is 22.0. The number of thioether (sulfide) groups is 1. The molecule has 0 fully saturated rings. The van der Waals surface area contributed by atoms with E-state index in [1.165, 1.54) is 11.8 Å². The number of fused-ring (bicyclic) bond motifs is 1. The second kappa shape index (κ2) is 9.18. The van der Waals surface area contributed by atoms with Crippen LogP contribution in [0.5, 0.6) is 0 Å². The summed E-state index contributed by atoms with van der Waals surface area (Å²) in [5.41, 5.74) is 3.84. The fraction of sp³-hybridized carbons (Fsp3) is 0.348. The predicted octanol–water partition coefficient (Wildman–Crippen LogP) is 4.72. The number of carbonyl (C=O) groups is 1. The Bertz CT molecular complexity index is 1180. The lowest BCUT2D eigenvalue weighted by atomic mass is 10.1. The van der Waals surface area contributed by atoms with Crippen molar-refractivity contribution in [3.63, 3.8) is 0 Å². The second-order valence-electron chi connectivity index (χ2n) is 7.29. The molecule has 0 spiro atoms. The molecule has 3 rings (SSSR count). The molecule has 5 nitrogen and oxygen atoms in total. The van der Waals surface area contributed by atoms with Gasteiger partial charge in [0.25, 0.3) is 5.56 Å². The number of aryl methyl sites for hydroxylation is 4. The van der Waals surface area contributed by atoms with Gasteiger partial charge >= 0.3 is 0 Å². The van der Waals surface area contributed by atoms with Gasteiger partial charge in [0, 0.05) is 11.4 Å². The van der Waals surface area contributed by atoms with Crippen molar-refractivity contribution in [2.24, 2.45) is 0 Å². The minimum atomic E-state index is -0.405. The molecule has 1 N–H and O–H groups in total. The van der Waals surface area contributed by atoms with E-state index in [1.807, 2.05) is 45.9 Å². The van der Waals surface area contributed by atoms with Crippen LogP contribution in [0.1, 0.15) is 35.4 Å². The maximum atomic E-state index is 13.7. The van der Waals surface area contributed by atoms with Crippen molar-refractivity contribution in [1.82, 2.24) is 14.9 Å². The summed E-state index contributed by atoms with van der Waals surface area (Å²) in [7, 11) is 0. The van der Waals surface area contributed by atoms with Crippen LogP contribution >= 0.6 is 23.1 Å². The van der Waals surface area contributed by atoms with Gasteiger partial charge in [0.05, 0.1) is 16.3 Å². The van der Waals surface area contributed by atoms with Crippen LogP contribution in [0, 0.1) is 20.8 Å². The summed E-state index contributed by atoms with van der Waals surface area (Å²) in [6.07, 6.45) is 2.43. The van der Waals surface area contributed by atoms with Crippen molar-refractivity contribution in [3.8, 4) is 5.69 Å². The Morgan fingerprint density at radius 3 is 2.77 bits per heavy atom. The van der Waals surface area contributed by atoms with Crippen LogP contribution in [0.4, 0.5) is 0 Å². The van der Waals surface area contributed by atoms with Gasteiger partial charge in [-0.25, -0.2) is 4.98 Å². The largest absolute Gasteiger partial charge is 0.352 e. The summed E-state index contributed by atoms with van der Waals surface area (Å²) in [6.45, 7) is 13.9. The minimum Gasteiger partial charge on any atom is -0.352 e. The fourth-order valence-corrected chi connectivity index (χ4v) is 5.50. The van der Waals surface area contributed by atoms with Gasteiger partial charge in [-0.3, -0.25) is 14.2 Å². The molecule has 1 amide bonds. The zero-order valence-electron chi connectivity index (χ0n) is 18.0. The summed E-state index contributed by atoms with van der Waals surface area (Å²) in [5.74, 6) is -0.113. The standard InChI is InChI=1S/C23H27N3O2S2/c1-7-11-24-20(27)16(6)30-23-25-21-19(17(8-2)15(5)29-21)22(28)26(23)18-12-13(3)9-10-14(18)4/h7,9-10,12,16H,1,8,11H2,2-6H3,(H,24,27). The Labute approximate surface area is 185 Å². The highest BCUT2D eigenvalue weighted by atomic mass is 32.2. The molecule has 2 aromatic heterocycles. The van der Waals surface area contributed by atoms with Gasteiger partial charge in [-0.05, 0) is 56.9 Å². The fourth-order valence-electron chi connectivity index (χ4n) is 3.40. The Morgan fingerprint density at radius 2 is 2.10 bits per heavy atom. The Morgan fingerprint density at radius 1 is 1.37 bits per heavy atom.